The summed E-state index contributed by atoms with van der Waals surface area (Å²) in [4.78, 5) is 28.6. The van der Waals surface area contributed by atoms with Gasteiger partial charge in [-0.15, -0.1) is 0 Å². The van der Waals surface area contributed by atoms with Crippen molar-refractivity contribution in [3.63, 3.8) is 0 Å². The van der Waals surface area contributed by atoms with Gasteiger partial charge in [-0.05, 0) is 45.1 Å². The van der Waals surface area contributed by atoms with E-state index in [9.17, 15) is 9.59 Å². The van der Waals surface area contributed by atoms with Crippen LogP contribution in [-0.4, -0.2) is 81.9 Å². The molecule has 33 heavy (non-hydrogen) atoms. The van der Waals surface area contributed by atoms with E-state index >= 15 is 0 Å². The molecular weight excluding hydrogens is 414 g/mol. The van der Waals surface area contributed by atoms with E-state index in [-0.39, 0.29) is 11.6 Å². The van der Waals surface area contributed by atoms with E-state index in [1.807, 2.05) is 18.2 Å². The zero-order valence-corrected chi connectivity index (χ0v) is 19.3. The molecule has 0 aromatic heterocycles. The van der Waals surface area contributed by atoms with E-state index < -0.39 is 0 Å². The Hall–Kier alpha value is -2.58. The minimum Gasteiger partial charge on any atom is -0.383 e. The molecule has 0 atom stereocenters. The van der Waals surface area contributed by atoms with Crippen LogP contribution >= 0.6 is 0 Å². The van der Waals surface area contributed by atoms with Crippen molar-refractivity contribution in [1.82, 2.24) is 20.9 Å². The van der Waals surface area contributed by atoms with Crippen molar-refractivity contribution in [2.24, 2.45) is 0 Å². The molecule has 0 amide bonds. The van der Waals surface area contributed by atoms with Crippen molar-refractivity contribution in [2.45, 2.75) is 12.8 Å². The highest BCUT2D eigenvalue weighted by atomic mass is 16.1. The molecule has 1 fully saturated rings. The molecule has 7 nitrogen and oxygen atoms in total. The fourth-order valence-electron chi connectivity index (χ4n) is 4.53. The van der Waals surface area contributed by atoms with Gasteiger partial charge in [-0.3, -0.25) is 9.59 Å². The molecule has 1 aliphatic heterocycles. The van der Waals surface area contributed by atoms with Crippen LogP contribution in [0.1, 0.15) is 44.7 Å². The average molecular weight is 450 g/mol. The molecular formula is C26H35N5O2. The monoisotopic (exact) mass is 449 g/mol. The molecule has 1 aliphatic carbocycles. The predicted octanol–water partition coefficient (Wildman–Crippen LogP) is 1.74. The molecule has 4 N–H and O–H groups in total. The second-order valence-electron chi connectivity index (χ2n) is 8.66. The minimum atomic E-state index is -0.0774. The van der Waals surface area contributed by atoms with Gasteiger partial charge >= 0.3 is 0 Å². The lowest BCUT2D eigenvalue weighted by molar-refractivity contribution is 0.0979. The topological polar surface area (TPSA) is 85.5 Å². The first kappa shape index (κ1) is 23.6. The number of anilines is 1. The van der Waals surface area contributed by atoms with Gasteiger partial charge in [-0.25, -0.2) is 0 Å². The molecule has 1 heterocycles. The number of hydrogen-bond donors (Lipinski definition) is 4. The summed E-state index contributed by atoms with van der Waals surface area (Å²) in [6.45, 7) is 9.70. The zero-order chi connectivity index (χ0) is 22.9. The first-order chi connectivity index (χ1) is 16.3. The summed E-state index contributed by atoms with van der Waals surface area (Å²) in [5, 5.41) is 13.9. The van der Waals surface area contributed by atoms with Gasteiger partial charge in [0.2, 0.25) is 0 Å². The Kier molecular flexibility index (Phi) is 8.60. The smallest absolute Gasteiger partial charge is 0.196 e. The summed E-state index contributed by atoms with van der Waals surface area (Å²) in [6, 6.07) is 12.6. The second kappa shape index (κ2) is 12.0. The molecule has 0 radical (unpaired) electrons. The van der Waals surface area contributed by atoms with E-state index in [1.54, 1.807) is 24.3 Å². The standard InChI is InChI=1S/C26H35N5O2/c32-25-20-6-1-2-7-21(20)26(33)24-22(25)8-3-9-23(24)30-16-19-31-17-5-12-28-14-13-27-10-4-11-29-15-18-31/h1-3,6-9,27-30H,4-5,10-19H2. The Morgan fingerprint density at radius 1 is 0.697 bits per heavy atom. The number of carbonyl (C=O) groups excluding carboxylic acids is 2. The van der Waals surface area contributed by atoms with Crippen molar-refractivity contribution in [2.75, 3.05) is 70.8 Å². The van der Waals surface area contributed by atoms with Gasteiger partial charge in [0, 0.05) is 61.6 Å². The van der Waals surface area contributed by atoms with Gasteiger partial charge in [0.1, 0.15) is 0 Å². The Bertz CT molecular complexity index is 947. The molecule has 2 aromatic carbocycles. The number of nitrogens with zero attached hydrogens (tertiary/aromatic N) is 1. The number of carbonyl (C=O) groups is 2. The van der Waals surface area contributed by atoms with Gasteiger partial charge in [-0.2, -0.15) is 0 Å². The van der Waals surface area contributed by atoms with Crippen LogP contribution in [-0.2, 0) is 0 Å². The van der Waals surface area contributed by atoms with Gasteiger partial charge in [0.25, 0.3) is 0 Å². The van der Waals surface area contributed by atoms with Crippen LogP contribution in [0.5, 0.6) is 0 Å². The van der Waals surface area contributed by atoms with E-state index in [4.69, 9.17) is 0 Å². The molecule has 0 bridgehead atoms. The molecule has 2 aromatic rings. The summed E-state index contributed by atoms with van der Waals surface area (Å²) in [6.07, 6.45) is 2.24. The summed E-state index contributed by atoms with van der Waals surface area (Å²) >= 11 is 0. The molecule has 0 saturated carbocycles. The number of nitrogens with one attached hydrogen (secondary N) is 4. The first-order valence-electron chi connectivity index (χ1n) is 12.2. The van der Waals surface area contributed by atoms with Crippen LogP contribution in [0.3, 0.4) is 0 Å². The summed E-state index contributed by atoms with van der Waals surface area (Å²) in [7, 11) is 0. The Labute approximate surface area is 196 Å². The second-order valence-corrected chi connectivity index (χ2v) is 8.66. The van der Waals surface area contributed by atoms with E-state index in [1.165, 1.54) is 0 Å². The lowest BCUT2D eigenvalue weighted by Gasteiger charge is -2.25. The summed E-state index contributed by atoms with van der Waals surface area (Å²) in [5.74, 6) is -0.154. The van der Waals surface area contributed by atoms with Crippen molar-refractivity contribution in [1.29, 1.82) is 0 Å². The van der Waals surface area contributed by atoms with Crippen LogP contribution in [0.15, 0.2) is 42.5 Å². The highest BCUT2D eigenvalue weighted by molar-refractivity contribution is 6.30. The molecule has 1 saturated heterocycles. The lowest BCUT2D eigenvalue weighted by Crippen LogP contribution is -2.38. The van der Waals surface area contributed by atoms with Crippen LogP contribution < -0.4 is 21.3 Å². The van der Waals surface area contributed by atoms with Crippen molar-refractivity contribution < 1.29 is 9.59 Å². The third-order valence-corrected chi connectivity index (χ3v) is 6.31. The Balaban J connectivity index is 1.37. The van der Waals surface area contributed by atoms with Gasteiger partial charge < -0.3 is 26.2 Å². The van der Waals surface area contributed by atoms with Crippen LogP contribution in [0.2, 0.25) is 0 Å². The molecule has 2 aliphatic rings. The summed E-state index contributed by atoms with van der Waals surface area (Å²) < 4.78 is 0. The van der Waals surface area contributed by atoms with Crippen molar-refractivity contribution >= 4 is 17.3 Å². The highest BCUT2D eigenvalue weighted by Gasteiger charge is 2.31. The van der Waals surface area contributed by atoms with Gasteiger partial charge in [0.05, 0.1) is 5.56 Å². The van der Waals surface area contributed by atoms with Gasteiger partial charge in [0.15, 0.2) is 11.6 Å². The molecule has 0 unspecified atom stereocenters. The van der Waals surface area contributed by atoms with Crippen molar-refractivity contribution in [3.8, 4) is 0 Å². The van der Waals surface area contributed by atoms with Crippen LogP contribution in [0.25, 0.3) is 0 Å². The van der Waals surface area contributed by atoms with Crippen molar-refractivity contribution in [3.05, 3.63) is 64.7 Å². The zero-order valence-electron chi connectivity index (χ0n) is 19.3. The van der Waals surface area contributed by atoms with Crippen LogP contribution in [0, 0.1) is 0 Å². The maximum absolute atomic E-state index is 13.2. The third kappa shape index (κ3) is 6.06. The maximum atomic E-state index is 13.2. The lowest BCUT2D eigenvalue weighted by atomic mass is 9.83. The fourth-order valence-corrected chi connectivity index (χ4v) is 4.53. The number of ketones is 2. The third-order valence-electron chi connectivity index (χ3n) is 6.31. The molecule has 4 rings (SSSR count). The fraction of sp³-hybridized carbons (Fsp3) is 0.462. The number of rotatable bonds is 4. The number of hydrogen-bond acceptors (Lipinski definition) is 7. The highest BCUT2D eigenvalue weighted by Crippen LogP contribution is 2.31. The normalized spacial score (nSPS) is 18.8. The molecule has 7 heteroatoms. The van der Waals surface area contributed by atoms with E-state index in [0.717, 1.165) is 84.0 Å². The molecule has 176 valence electrons. The molecule has 0 spiro atoms. The Morgan fingerprint density at radius 2 is 1.36 bits per heavy atom. The predicted molar refractivity (Wildman–Crippen MR) is 133 cm³/mol. The first-order valence-corrected chi connectivity index (χ1v) is 12.2. The van der Waals surface area contributed by atoms with Gasteiger partial charge in [-0.1, -0.05) is 36.4 Å². The Morgan fingerprint density at radius 3 is 2.15 bits per heavy atom. The SMILES string of the molecule is O=C1c2ccccc2C(=O)c2c(NCCN3CCCNCCNCCCNCC3)cccc21. The number of benzene rings is 2. The largest absolute Gasteiger partial charge is 0.383 e. The number of fused-ring (bicyclic) bond motifs is 2. The quantitative estimate of drug-likeness (QED) is 0.483. The average Bonchev–Trinajstić information content (AvgIpc) is 2.84. The summed E-state index contributed by atoms with van der Waals surface area (Å²) in [5.41, 5.74) is 2.73. The minimum absolute atomic E-state index is 0.0765. The van der Waals surface area contributed by atoms with E-state index in [0.29, 0.717) is 22.3 Å². The maximum Gasteiger partial charge on any atom is 0.196 e. The van der Waals surface area contributed by atoms with Crippen LogP contribution in [0.4, 0.5) is 5.69 Å². The van der Waals surface area contributed by atoms with E-state index in [2.05, 4.69) is 26.2 Å².